The summed E-state index contributed by atoms with van der Waals surface area (Å²) in [4.78, 5) is 15.2. The fourth-order valence-corrected chi connectivity index (χ4v) is 3.70. The molecule has 0 radical (unpaired) electrons. The average molecular weight is 345 g/mol. The summed E-state index contributed by atoms with van der Waals surface area (Å²) in [7, 11) is 1.66. The topological polar surface area (TPSA) is 29.5 Å². The summed E-state index contributed by atoms with van der Waals surface area (Å²) in [6, 6.07) is 14.3. The standard InChI is InChI=1S/C19H20FNO2S/c1-23-17-6-2-14(3-7-17)15-10-11-21(12-15)19(22)13-24-18-8-4-16(20)5-9-18/h2-9,15H,10-13H2,1H3/t15-/m0/s1. The summed E-state index contributed by atoms with van der Waals surface area (Å²) in [5, 5.41) is 0. The molecule has 1 amide bonds. The second-order valence-electron chi connectivity index (χ2n) is 5.84. The Bertz CT molecular complexity index is 688. The van der Waals surface area contributed by atoms with Gasteiger partial charge in [0.1, 0.15) is 11.6 Å². The maximum atomic E-state index is 12.9. The first-order chi connectivity index (χ1) is 11.7. The molecule has 3 rings (SSSR count). The quantitative estimate of drug-likeness (QED) is 0.769. The minimum Gasteiger partial charge on any atom is -0.497 e. The molecule has 5 heteroatoms. The largest absolute Gasteiger partial charge is 0.497 e. The van der Waals surface area contributed by atoms with Crippen molar-refractivity contribution in [2.75, 3.05) is 26.0 Å². The van der Waals surface area contributed by atoms with Gasteiger partial charge in [-0.25, -0.2) is 4.39 Å². The molecular formula is C19H20FNO2S. The van der Waals surface area contributed by atoms with Crippen LogP contribution in [0.3, 0.4) is 0 Å². The van der Waals surface area contributed by atoms with Gasteiger partial charge in [0.2, 0.25) is 5.91 Å². The summed E-state index contributed by atoms with van der Waals surface area (Å²) in [6.07, 6.45) is 0.985. The van der Waals surface area contributed by atoms with Crippen molar-refractivity contribution in [3.8, 4) is 5.75 Å². The highest BCUT2D eigenvalue weighted by Gasteiger charge is 2.27. The Kier molecular flexibility index (Phi) is 5.41. The van der Waals surface area contributed by atoms with E-state index >= 15 is 0 Å². The molecule has 2 aromatic rings. The van der Waals surface area contributed by atoms with Gasteiger partial charge in [0.15, 0.2) is 0 Å². The molecule has 0 N–H and O–H groups in total. The van der Waals surface area contributed by atoms with Crippen molar-refractivity contribution in [3.05, 3.63) is 59.9 Å². The number of rotatable bonds is 5. The van der Waals surface area contributed by atoms with Crippen molar-refractivity contribution in [3.63, 3.8) is 0 Å². The van der Waals surface area contributed by atoms with Crippen LogP contribution in [0.1, 0.15) is 17.9 Å². The molecule has 1 fully saturated rings. The van der Waals surface area contributed by atoms with Crippen LogP contribution in [0, 0.1) is 5.82 Å². The maximum Gasteiger partial charge on any atom is 0.232 e. The number of nitrogens with zero attached hydrogens (tertiary/aromatic N) is 1. The van der Waals surface area contributed by atoms with Gasteiger partial charge in [-0.05, 0) is 48.4 Å². The van der Waals surface area contributed by atoms with E-state index in [0.29, 0.717) is 11.7 Å². The molecule has 1 atom stereocenters. The second kappa shape index (κ2) is 7.71. The Morgan fingerprint density at radius 2 is 1.92 bits per heavy atom. The van der Waals surface area contributed by atoms with Crippen molar-refractivity contribution in [1.82, 2.24) is 4.90 Å². The van der Waals surface area contributed by atoms with E-state index in [1.165, 1.54) is 29.5 Å². The zero-order chi connectivity index (χ0) is 16.9. The minimum absolute atomic E-state index is 0.139. The van der Waals surface area contributed by atoms with Gasteiger partial charge in [-0.15, -0.1) is 11.8 Å². The SMILES string of the molecule is COc1ccc([C@H]2CCN(C(=O)CSc3ccc(F)cc3)C2)cc1. The number of hydrogen-bond donors (Lipinski definition) is 0. The third-order valence-corrected chi connectivity index (χ3v) is 5.30. The van der Waals surface area contributed by atoms with Crippen molar-refractivity contribution < 1.29 is 13.9 Å². The first-order valence-electron chi connectivity index (χ1n) is 7.96. The number of methoxy groups -OCH3 is 1. The number of thioether (sulfide) groups is 1. The van der Waals surface area contributed by atoms with Crippen LogP contribution in [-0.4, -0.2) is 36.8 Å². The third-order valence-electron chi connectivity index (χ3n) is 4.30. The second-order valence-corrected chi connectivity index (χ2v) is 6.89. The number of benzene rings is 2. The van der Waals surface area contributed by atoms with Crippen molar-refractivity contribution >= 4 is 17.7 Å². The van der Waals surface area contributed by atoms with Gasteiger partial charge in [0.25, 0.3) is 0 Å². The number of carbonyl (C=O) groups is 1. The van der Waals surface area contributed by atoms with E-state index < -0.39 is 0 Å². The summed E-state index contributed by atoms with van der Waals surface area (Å²) < 4.78 is 18.1. The number of hydrogen-bond acceptors (Lipinski definition) is 3. The highest BCUT2D eigenvalue weighted by atomic mass is 32.2. The van der Waals surface area contributed by atoms with Gasteiger partial charge < -0.3 is 9.64 Å². The summed E-state index contributed by atoms with van der Waals surface area (Å²) in [5.41, 5.74) is 1.25. The van der Waals surface area contributed by atoms with Crippen LogP contribution in [0.4, 0.5) is 4.39 Å². The van der Waals surface area contributed by atoms with E-state index in [1.807, 2.05) is 17.0 Å². The molecule has 1 heterocycles. The van der Waals surface area contributed by atoms with E-state index in [-0.39, 0.29) is 11.7 Å². The highest BCUT2D eigenvalue weighted by molar-refractivity contribution is 8.00. The molecule has 0 aromatic heterocycles. The van der Waals surface area contributed by atoms with Gasteiger partial charge in [-0.3, -0.25) is 4.79 Å². The Labute approximate surface area is 145 Å². The Balaban J connectivity index is 1.52. The summed E-state index contributed by atoms with van der Waals surface area (Å²) >= 11 is 1.45. The van der Waals surface area contributed by atoms with Gasteiger partial charge in [0, 0.05) is 23.9 Å². The number of ether oxygens (including phenoxy) is 1. The maximum absolute atomic E-state index is 12.9. The Morgan fingerprint density at radius 1 is 1.21 bits per heavy atom. The number of carbonyl (C=O) groups excluding carboxylic acids is 1. The zero-order valence-electron chi connectivity index (χ0n) is 13.6. The van der Waals surface area contributed by atoms with E-state index in [4.69, 9.17) is 4.74 Å². The first-order valence-corrected chi connectivity index (χ1v) is 8.94. The van der Waals surface area contributed by atoms with Crippen LogP contribution >= 0.6 is 11.8 Å². The van der Waals surface area contributed by atoms with E-state index in [9.17, 15) is 9.18 Å². The molecule has 0 spiro atoms. The first kappa shape index (κ1) is 16.8. The fraction of sp³-hybridized carbons (Fsp3) is 0.316. The molecule has 0 unspecified atom stereocenters. The van der Waals surface area contributed by atoms with Gasteiger partial charge in [-0.2, -0.15) is 0 Å². The lowest BCUT2D eigenvalue weighted by atomic mass is 9.98. The van der Waals surface area contributed by atoms with Crippen molar-refractivity contribution in [1.29, 1.82) is 0 Å². The predicted octanol–water partition coefficient (Wildman–Crippen LogP) is 3.94. The number of amides is 1. The lowest BCUT2D eigenvalue weighted by Crippen LogP contribution is -2.29. The van der Waals surface area contributed by atoms with Crippen LogP contribution in [-0.2, 0) is 4.79 Å². The van der Waals surface area contributed by atoms with Crippen LogP contribution in [0.15, 0.2) is 53.4 Å². The lowest BCUT2D eigenvalue weighted by Gasteiger charge is -2.16. The van der Waals surface area contributed by atoms with Crippen LogP contribution in [0.2, 0.25) is 0 Å². The van der Waals surface area contributed by atoms with E-state index in [0.717, 1.165) is 30.2 Å². The molecule has 3 nitrogen and oxygen atoms in total. The van der Waals surface area contributed by atoms with Gasteiger partial charge >= 0.3 is 0 Å². The van der Waals surface area contributed by atoms with Gasteiger partial charge in [0.05, 0.1) is 12.9 Å². The molecule has 0 aliphatic carbocycles. The van der Waals surface area contributed by atoms with Crippen LogP contribution in [0.5, 0.6) is 5.75 Å². The minimum atomic E-state index is -0.257. The number of halogens is 1. The predicted molar refractivity (Wildman–Crippen MR) is 94.1 cm³/mol. The Hall–Kier alpha value is -2.01. The molecule has 1 aliphatic rings. The molecule has 0 bridgehead atoms. The smallest absolute Gasteiger partial charge is 0.232 e. The molecular weight excluding hydrogens is 325 g/mol. The summed E-state index contributed by atoms with van der Waals surface area (Å²) in [5.74, 6) is 1.50. The van der Waals surface area contributed by atoms with Gasteiger partial charge in [-0.1, -0.05) is 12.1 Å². The molecule has 2 aromatic carbocycles. The lowest BCUT2D eigenvalue weighted by molar-refractivity contribution is -0.127. The monoisotopic (exact) mass is 345 g/mol. The highest BCUT2D eigenvalue weighted by Crippen LogP contribution is 2.29. The van der Waals surface area contributed by atoms with Crippen molar-refractivity contribution in [2.24, 2.45) is 0 Å². The van der Waals surface area contributed by atoms with E-state index in [2.05, 4.69) is 12.1 Å². The fourth-order valence-electron chi connectivity index (χ4n) is 2.90. The zero-order valence-corrected chi connectivity index (χ0v) is 14.4. The van der Waals surface area contributed by atoms with Crippen molar-refractivity contribution in [2.45, 2.75) is 17.2 Å². The number of likely N-dealkylation sites (tertiary alicyclic amines) is 1. The normalized spacial score (nSPS) is 17.1. The molecule has 0 saturated carbocycles. The van der Waals surface area contributed by atoms with Crippen LogP contribution in [0.25, 0.3) is 0 Å². The molecule has 1 aliphatic heterocycles. The Morgan fingerprint density at radius 3 is 2.58 bits per heavy atom. The van der Waals surface area contributed by atoms with Crippen LogP contribution < -0.4 is 4.74 Å². The molecule has 24 heavy (non-hydrogen) atoms. The molecule has 1 saturated heterocycles. The molecule has 126 valence electrons. The van der Waals surface area contributed by atoms with E-state index in [1.54, 1.807) is 19.2 Å². The summed E-state index contributed by atoms with van der Waals surface area (Å²) in [6.45, 7) is 1.55. The third kappa shape index (κ3) is 4.09. The average Bonchev–Trinajstić information content (AvgIpc) is 3.11.